The molecule has 1 aromatic heterocycles. The molecule has 5 rings (SSSR count). The minimum Gasteiger partial charge on any atom is -0.480 e. The van der Waals surface area contributed by atoms with Gasteiger partial charge in [-0.2, -0.15) is 0 Å². The fourth-order valence-electron chi connectivity index (χ4n) is 4.85. The molecule has 2 N–H and O–H groups in total. The van der Waals surface area contributed by atoms with Crippen LogP contribution in [0, 0.1) is 5.92 Å². The van der Waals surface area contributed by atoms with E-state index >= 15 is 0 Å². The van der Waals surface area contributed by atoms with Crippen molar-refractivity contribution in [3.05, 3.63) is 29.6 Å². The smallest absolute Gasteiger partial charge is 0.327 e. The van der Waals surface area contributed by atoms with Crippen LogP contribution in [0.15, 0.2) is 18.2 Å². The Morgan fingerprint density at radius 3 is 2.93 bits per heavy atom. The average molecular weight is 387 g/mol. The van der Waals surface area contributed by atoms with Crippen LogP contribution in [0.3, 0.4) is 0 Å². The third kappa shape index (κ3) is 2.17. The van der Waals surface area contributed by atoms with Crippen molar-refractivity contribution >= 4 is 34.7 Å². The van der Waals surface area contributed by atoms with E-state index in [1.54, 1.807) is 0 Å². The number of para-hydroxylation sites is 1. The zero-order valence-electron chi connectivity index (χ0n) is 15.1. The lowest BCUT2D eigenvalue weighted by atomic mass is 9.87. The average Bonchev–Trinajstić information content (AvgIpc) is 3.10. The van der Waals surface area contributed by atoms with Crippen LogP contribution in [0.25, 0.3) is 11.0 Å². The second kappa shape index (κ2) is 5.48. The summed E-state index contributed by atoms with van der Waals surface area (Å²) in [6, 6.07) is 5.12. The zero-order valence-corrected chi connectivity index (χ0v) is 15.9. The summed E-state index contributed by atoms with van der Waals surface area (Å²) < 4.78 is 1.44. The Labute approximate surface area is 160 Å². The summed E-state index contributed by atoms with van der Waals surface area (Å²) in [4.78, 5) is 30.5. The molecule has 0 unspecified atom stereocenters. The molecule has 4 atom stereocenters. The van der Waals surface area contributed by atoms with Gasteiger partial charge in [-0.25, -0.2) is 9.78 Å². The standard InChI is InChI=1S/C19H21N3O4S/c1-19(2)14(18(25)26)22-16(24)11(17(22)27-19)13(23)15-20-10-7-3-5-9-6-4-8-21(15)12(9)10/h3,5,7,11,13-14,17,23H,4,6,8H2,1-2H3,(H,25,26)/t11-,13+,14+,17-/m1/s1. The fraction of sp³-hybridized carbons (Fsp3) is 0.526. The number of hydrogen-bond acceptors (Lipinski definition) is 5. The van der Waals surface area contributed by atoms with Crippen molar-refractivity contribution in [3.8, 4) is 0 Å². The third-order valence-corrected chi connectivity index (χ3v) is 7.62. The first-order valence-electron chi connectivity index (χ1n) is 9.20. The van der Waals surface area contributed by atoms with E-state index in [0.29, 0.717) is 5.82 Å². The highest BCUT2D eigenvalue weighted by atomic mass is 32.2. The van der Waals surface area contributed by atoms with E-state index in [9.17, 15) is 19.8 Å². The lowest BCUT2D eigenvalue weighted by Gasteiger charge is -2.45. The topological polar surface area (TPSA) is 95.7 Å². The Kier molecular flexibility index (Phi) is 3.46. The molecule has 3 aliphatic rings. The maximum absolute atomic E-state index is 12.8. The zero-order chi connectivity index (χ0) is 19.1. The molecule has 4 heterocycles. The van der Waals surface area contributed by atoms with Gasteiger partial charge in [0.05, 0.1) is 16.4 Å². The number of thioether (sulfide) groups is 1. The Hall–Kier alpha value is -2.06. The summed E-state index contributed by atoms with van der Waals surface area (Å²) in [6.45, 7) is 4.45. The molecule has 8 heteroatoms. The van der Waals surface area contributed by atoms with Gasteiger partial charge in [0.25, 0.3) is 0 Å². The van der Waals surface area contributed by atoms with Gasteiger partial charge < -0.3 is 19.7 Å². The summed E-state index contributed by atoms with van der Waals surface area (Å²) in [5, 5.41) is 20.3. The number of aliphatic carboxylic acids is 1. The lowest BCUT2D eigenvalue weighted by Crippen LogP contribution is -2.64. The van der Waals surface area contributed by atoms with Crippen molar-refractivity contribution in [1.29, 1.82) is 0 Å². The van der Waals surface area contributed by atoms with E-state index in [1.165, 1.54) is 22.2 Å². The summed E-state index contributed by atoms with van der Waals surface area (Å²) in [7, 11) is 0. The molecule has 0 aliphatic carbocycles. The number of carbonyl (C=O) groups is 2. The van der Waals surface area contributed by atoms with Crippen LogP contribution in [-0.4, -0.2) is 52.7 Å². The summed E-state index contributed by atoms with van der Waals surface area (Å²) in [5.41, 5.74) is 3.10. The first kappa shape index (κ1) is 17.1. The Balaban J connectivity index is 1.53. The minimum atomic E-state index is -1.03. The number of benzene rings is 1. The third-order valence-electron chi connectivity index (χ3n) is 6.03. The Bertz CT molecular complexity index is 985. The molecule has 0 saturated carbocycles. The number of aromatic nitrogens is 2. The van der Waals surface area contributed by atoms with E-state index in [4.69, 9.17) is 0 Å². The molecular formula is C19H21N3O4S. The maximum Gasteiger partial charge on any atom is 0.327 e. The number of fused-ring (bicyclic) bond motifs is 1. The highest BCUT2D eigenvalue weighted by Gasteiger charge is 2.65. The molecular weight excluding hydrogens is 366 g/mol. The van der Waals surface area contributed by atoms with Crippen LogP contribution in [0.2, 0.25) is 0 Å². The number of nitrogens with zero attached hydrogens (tertiary/aromatic N) is 3. The molecule has 1 aromatic carbocycles. The number of β-lactam (4-membered cyclic amide) rings is 1. The number of aliphatic hydroxyl groups is 1. The number of amides is 1. The van der Waals surface area contributed by atoms with Crippen molar-refractivity contribution in [2.75, 3.05) is 0 Å². The summed E-state index contributed by atoms with van der Waals surface area (Å²) in [5.74, 6) is -1.43. The van der Waals surface area contributed by atoms with Crippen molar-refractivity contribution in [2.24, 2.45) is 5.92 Å². The van der Waals surface area contributed by atoms with Gasteiger partial charge in [0, 0.05) is 11.3 Å². The second-order valence-corrected chi connectivity index (χ2v) is 9.85. The molecule has 2 fully saturated rings. The van der Waals surface area contributed by atoms with Crippen molar-refractivity contribution in [2.45, 2.75) is 55.5 Å². The Morgan fingerprint density at radius 1 is 1.41 bits per heavy atom. The minimum absolute atomic E-state index is 0.297. The van der Waals surface area contributed by atoms with Crippen LogP contribution >= 0.6 is 11.8 Å². The first-order valence-corrected chi connectivity index (χ1v) is 10.1. The van der Waals surface area contributed by atoms with Gasteiger partial charge in [-0.15, -0.1) is 11.8 Å². The molecule has 0 spiro atoms. The van der Waals surface area contributed by atoms with Gasteiger partial charge in [-0.1, -0.05) is 12.1 Å². The van der Waals surface area contributed by atoms with Crippen LogP contribution in [0.5, 0.6) is 0 Å². The van der Waals surface area contributed by atoms with Crippen molar-refractivity contribution in [1.82, 2.24) is 14.5 Å². The summed E-state index contributed by atoms with van der Waals surface area (Å²) in [6.07, 6.45) is 0.925. The molecule has 0 bridgehead atoms. The molecule has 1 amide bonds. The number of carbonyl (C=O) groups excluding carboxylic acids is 1. The highest BCUT2D eigenvalue weighted by molar-refractivity contribution is 8.01. The van der Waals surface area contributed by atoms with Gasteiger partial charge in [-0.05, 0) is 38.3 Å². The number of aryl methyl sites for hydroxylation is 2. The predicted octanol–water partition coefficient (Wildman–Crippen LogP) is 1.78. The van der Waals surface area contributed by atoms with E-state index in [1.807, 2.05) is 30.5 Å². The molecule has 27 heavy (non-hydrogen) atoms. The molecule has 2 saturated heterocycles. The van der Waals surface area contributed by atoms with E-state index in [-0.39, 0.29) is 11.3 Å². The van der Waals surface area contributed by atoms with Crippen LogP contribution < -0.4 is 0 Å². The van der Waals surface area contributed by atoms with Gasteiger partial charge >= 0.3 is 5.97 Å². The van der Waals surface area contributed by atoms with Crippen molar-refractivity contribution < 1.29 is 19.8 Å². The maximum atomic E-state index is 12.8. The first-order chi connectivity index (χ1) is 12.8. The van der Waals surface area contributed by atoms with Crippen LogP contribution in [0.4, 0.5) is 0 Å². The monoisotopic (exact) mass is 387 g/mol. The normalized spacial score (nSPS) is 29.5. The van der Waals surface area contributed by atoms with Crippen LogP contribution in [-0.2, 0) is 22.6 Å². The number of rotatable bonds is 3. The predicted molar refractivity (Wildman–Crippen MR) is 100 cm³/mol. The molecule has 3 aliphatic heterocycles. The van der Waals surface area contributed by atoms with Gasteiger partial charge in [0.15, 0.2) is 0 Å². The number of imidazole rings is 1. The van der Waals surface area contributed by atoms with E-state index < -0.39 is 28.8 Å². The second-order valence-electron chi connectivity index (χ2n) is 8.08. The van der Waals surface area contributed by atoms with Crippen molar-refractivity contribution in [3.63, 3.8) is 0 Å². The molecule has 2 aromatic rings. The fourth-order valence-corrected chi connectivity index (χ4v) is 6.57. The van der Waals surface area contributed by atoms with Crippen LogP contribution in [0.1, 0.15) is 37.8 Å². The van der Waals surface area contributed by atoms with Gasteiger partial charge in [0.2, 0.25) is 5.91 Å². The number of aliphatic hydroxyl groups excluding tert-OH is 1. The molecule has 142 valence electrons. The van der Waals surface area contributed by atoms with Gasteiger partial charge in [-0.3, -0.25) is 4.79 Å². The number of carboxylic acid groups (broad SMARTS) is 1. The quantitative estimate of drug-likeness (QED) is 0.780. The van der Waals surface area contributed by atoms with E-state index in [2.05, 4.69) is 11.1 Å². The SMILES string of the molecule is CC1(C)S[C@@H]2[C@H]([C@H](O)c3nc4cccc5c4n3CCC5)C(=O)N2[C@H]1C(=O)O. The number of carboxylic acids is 1. The van der Waals surface area contributed by atoms with E-state index in [0.717, 1.165) is 30.4 Å². The Morgan fingerprint density at radius 2 is 2.19 bits per heavy atom. The summed E-state index contributed by atoms with van der Waals surface area (Å²) >= 11 is 1.45. The largest absolute Gasteiger partial charge is 0.480 e. The molecule has 7 nitrogen and oxygen atoms in total. The lowest BCUT2D eigenvalue weighted by molar-refractivity contribution is -0.169. The molecule has 0 radical (unpaired) electrons. The van der Waals surface area contributed by atoms with Gasteiger partial charge in [0.1, 0.15) is 23.9 Å². The number of hydrogen-bond donors (Lipinski definition) is 2. The highest BCUT2D eigenvalue weighted by Crippen LogP contribution is 2.56.